The monoisotopic (exact) mass is 654 g/mol. The molecule has 2 aliphatic rings. The maximum absolute atomic E-state index is 14.3. The van der Waals surface area contributed by atoms with Crippen molar-refractivity contribution in [3.63, 3.8) is 0 Å². The van der Waals surface area contributed by atoms with Gasteiger partial charge in [0.15, 0.2) is 18.6 Å². The molecule has 2 aromatic heterocycles. The van der Waals surface area contributed by atoms with E-state index in [0.29, 0.717) is 23.0 Å². The fraction of sp³-hybridized carbons (Fsp3) is 0.407. The summed E-state index contributed by atoms with van der Waals surface area (Å²) >= 11 is 0. The number of rotatable bonds is 11. The van der Waals surface area contributed by atoms with E-state index in [0.717, 1.165) is 0 Å². The molecule has 3 unspecified atom stereocenters. The summed E-state index contributed by atoms with van der Waals surface area (Å²) in [5, 5.41) is 21.7. The number of aliphatic hydroxyl groups excluding tert-OH is 1. The van der Waals surface area contributed by atoms with Crippen molar-refractivity contribution >= 4 is 31.0 Å². The van der Waals surface area contributed by atoms with Gasteiger partial charge in [-0.2, -0.15) is 23.3 Å². The van der Waals surface area contributed by atoms with Gasteiger partial charge in [-0.05, 0) is 31.6 Å². The van der Waals surface area contributed by atoms with Gasteiger partial charge in [0.25, 0.3) is 0 Å². The molecule has 0 radical (unpaired) electrons. The number of carbonyl (C=O) groups excluding carboxylic acids is 1. The van der Waals surface area contributed by atoms with Crippen LogP contribution in [0.5, 0.6) is 0 Å². The summed E-state index contributed by atoms with van der Waals surface area (Å²) in [6, 6.07) is 0. The fourth-order valence-electron chi connectivity index (χ4n) is 5.50. The molecule has 1 aliphatic carbocycles. The minimum atomic E-state index is -5.35. The molecule has 0 saturated heterocycles. The Bertz CT molecular complexity index is 1620. The number of aromatic nitrogens is 4. The van der Waals surface area contributed by atoms with Crippen molar-refractivity contribution in [2.45, 2.75) is 38.1 Å². The van der Waals surface area contributed by atoms with Crippen LogP contribution in [0.2, 0.25) is 0 Å². The van der Waals surface area contributed by atoms with Crippen LogP contribution >= 0.6 is 7.60 Å². The van der Waals surface area contributed by atoms with Crippen molar-refractivity contribution in [3.05, 3.63) is 70.7 Å². The molecule has 1 amide bonds. The van der Waals surface area contributed by atoms with Crippen LogP contribution in [0.3, 0.4) is 0 Å². The van der Waals surface area contributed by atoms with Gasteiger partial charge in [0.2, 0.25) is 11.6 Å². The van der Waals surface area contributed by atoms with E-state index in [2.05, 4.69) is 36.1 Å². The number of anilines is 2. The normalized spacial score (nSPS) is 23.4. The molecule has 3 heterocycles. The number of amides is 1. The summed E-state index contributed by atoms with van der Waals surface area (Å²) in [5.41, 5.74) is 0.499. The Labute approximate surface area is 256 Å². The van der Waals surface area contributed by atoms with Crippen LogP contribution in [-0.4, -0.2) is 75.2 Å². The highest BCUT2D eigenvalue weighted by atomic mass is 31.2. The molecule has 45 heavy (non-hydrogen) atoms. The van der Waals surface area contributed by atoms with Crippen molar-refractivity contribution in [3.8, 4) is 0 Å². The van der Waals surface area contributed by atoms with Gasteiger partial charge in [0.05, 0.1) is 19.9 Å². The number of aromatic amines is 1. The smallest absolute Gasteiger partial charge is 0.421 e. The van der Waals surface area contributed by atoms with E-state index in [1.165, 1.54) is 38.6 Å². The standard InChI is InChI=1S/C27H34F3N8O6P/c1-16-6-7-26(45(41,42)43,21(11-16)44-4)37-25-32-14-19(27(28,29)30)23(36-25)35-20-10-17(2)15-38(8-5-9-39,18-12-33-34-13-18)22(20)24(40)31-3/h6,10-14,39H,5,7-9,15H2,1-4H3,(H5-,31,32,33,34,35,36,37,40,41,42,43). The number of ether oxygens (including phenoxy) is 1. The second kappa shape index (κ2) is 12.8. The molecule has 4 rings (SSSR count). The first kappa shape index (κ1) is 33.9. The summed E-state index contributed by atoms with van der Waals surface area (Å²) in [5.74, 6) is -2.22. The van der Waals surface area contributed by atoms with Crippen molar-refractivity contribution in [2.75, 3.05) is 44.5 Å². The van der Waals surface area contributed by atoms with Crippen molar-refractivity contribution < 1.29 is 42.2 Å². The third-order valence-electron chi connectivity index (χ3n) is 7.57. The van der Waals surface area contributed by atoms with Gasteiger partial charge in [0, 0.05) is 32.7 Å². The van der Waals surface area contributed by atoms with Crippen molar-refractivity contribution in [1.29, 1.82) is 0 Å². The molecular weight excluding hydrogens is 620 g/mol. The van der Waals surface area contributed by atoms with Crippen LogP contribution in [-0.2, 0) is 20.3 Å². The van der Waals surface area contributed by atoms with Gasteiger partial charge in [-0.1, -0.05) is 11.6 Å². The van der Waals surface area contributed by atoms with Crippen LogP contribution in [0, 0.1) is 0 Å². The Morgan fingerprint density at radius 2 is 2.02 bits per heavy atom. The first-order valence-electron chi connectivity index (χ1n) is 13.7. The fourth-order valence-corrected chi connectivity index (χ4v) is 6.50. The molecular formula is C27H34F3N8O6P. The van der Waals surface area contributed by atoms with Gasteiger partial charge >= 0.3 is 12.1 Å². The molecule has 0 spiro atoms. The first-order chi connectivity index (χ1) is 21.1. The van der Waals surface area contributed by atoms with Crippen LogP contribution in [0.15, 0.2) is 65.1 Å². The molecule has 0 saturated carbocycles. The molecule has 3 atom stereocenters. The number of halogens is 3. The number of alkyl halides is 3. The summed E-state index contributed by atoms with van der Waals surface area (Å²) in [7, 11) is -2.79. The van der Waals surface area contributed by atoms with E-state index < -0.39 is 42.3 Å². The zero-order valence-corrected chi connectivity index (χ0v) is 25.8. The minimum Gasteiger partial charge on any atom is -0.777 e. The van der Waals surface area contributed by atoms with Gasteiger partial charge in [-0.3, -0.25) is 9.89 Å². The highest BCUT2D eigenvalue weighted by Gasteiger charge is 2.48. The van der Waals surface area contributed by atoms with E-state index in [9.17, 15) is 37.4 Å². The number of methoxy groups -OCH3 is 1. The zero-order chi connectivity index (χ0) is 33.2. The lowest BCUT2D eigenvalue weighted by molar-refractivity contribution is -0.199. The third-order valence-corrected chi connectivity index (χ3v) is 9.04. The second-order valence-corrected chi connectivity index (χ2v) is 12.5. The lowest BCUT2D eigenvalue weighted by Crippen LogP contribution is -2.56. The Hall–Kier alpha value is -4.02. The number of allylic oxidation sites excluding steroid dienone is 3. The Balaban J connectivity index is 1.92. The number of quaternary nitrogens is 1. The first-order valence-corrected chi connectivity index (χ1v) is 15.3. The lowest BCUT2D eigenvalue weighted by atomic mass is 10.0. The van der Waals surface area contributed by atoms with E-state index in [1.807, 2.05) is 0 Å². The molecule has 2 aromatic rings. The molecule has 0 fully saturated rings. The topological polar surface area (TPSA) is 197 Å². The Morgan fingerprint density at radius 3 is 2.60 bits per heavy atom. The van der Waals surface area contributed by atoms with Gasteiger partial charge in [0.1, 0.15) is 35.6 Å². The number of H-pyrrole nitrogens is 1. The summed E-state index contributed by atoms with van der Waals surface area (Å²) < 4.78 is 60.6. The molecule has 18 heteroatoms. The molecule has 14 nitrogen and oxygen atoms in total. The summed E-state index contributed by atoms with van der Waals surface area (Å²) in [6.45, 7) is 3.63. The van der Waals surface area contributed by atoms with E-state index >= 15 is 0 Å². The molecule has 0 bridgehead atoms. The largest absolute Gasteiger partial charge is 0.777 e. The summed E-state index contributed by atoms with van der Waals surface area (Å²) in [6.07, 6.45) is 2.79. The quantitative estimate of drug-likeness (QED) is 0.154. The maximum Gasteiger partial charge on any atom is 0.421 e. The lowest BCUT2D eigenvalue weighted by Gasteiger charge is -2.43. The van der Waals surface area contributed by atoms with E-state index in [-0.39, 0.29) is 54.2 Å². The van der Waals surface area contributed by atoms with Crippen molar-refractivity contribution in [2.24, 2.45) is 0 Å². The van der Waals surface area contributed by atoms with Gasteiger partial charge in [-0.25, -0.2) is 9.47 Å². The van der Waals surface area contributed by atoms with Crippen LogP contribution < -0.4 is 25.3 Å². The van der Waals surface area contributed by atoms with Crippen LogP contribution in [0.1, 0.15) is 32.3 Å². The Morgan fingerprint density at radius 1 is 1.29 bits per heavy atom. The number of carbonyl (C=O) groups is 1. The van der Waals surface area contributed by atoms with Crippen LogP contribution in [0.25, 0.3) is 0 Å². The number of likely N-dealkylation sites (N-methyl/N-ethyl adjacent to an activating group) is 1. The molecule has 0 aromatic carbocycles. The molecule has 244 valence electrons. The highest BCUT2D eigenvalue weighted by Crippen LogP contribution is 2.55. The maximum atomic E-state index is 14.3. The number of hydrogen-bond donors (Lipinski definition) is 6. The van der Waals surface area contributed by atoms with E-state index in [1.54, 1.807) is 20.0 Å². The SMILES string of the molecule is CNC(=O)C1=C(Nc2nc(NC3(P(=O)([O-])O)CC=C(C)C=C3OC)ncc2C(F)(F)F)C=C(C)C[N+]1(CCCO)c1cn[nH]c1. The average molecular weight is 655 g/mol. The third kappa shape index (κ3) is 6.53. The number of nitrogens with zero attached hydrogens (tertiary/aromatic N) is 4. The molecule has 1 aliphatic heterocycles. The van der Waals surface area contributed by atoms with Crippen molar-refractivity contribution in [1.82, 2.24) is 30.0 Å². The van der Waals surface area contributed by atoms with Gasteiger partial charge in [-0.15, -0.1) is 0 Å². The Kier molecular flexibility index (Phi) is 9.61. The molecule has 6 N–H and O–H groups in total. The predicted octanol–water partition coefficient (Wildman–Crippen LogP) is 2.47. The number of hydrogen-bond acceptors (Lipinski definition) is 10. The minimum absolute atomic E-state index is 0.0209. The van der Waals surface area contributed by atoms with E-state index in [4.69, 9.17) is 4.74 Å². The predicted molar refractivity (Wildman–Crippen MR) is 157 cm³/mol. The average Bonchev–Trinajstić information content (AvgIpc) is 3.51. The van der Waals surface area contributed by atoms with Crippen LogP contribution in [0.4, 0.5) is 30.6 Å². The van der Waals surface area contributed by atoms with Gasteiger partial charge < -0.3 is 40.1 Å². The highest BCUT2D eigenvalue weighted by molar-refractivity contribution is 7.52. The summed E-state index contributed by atoms with van der Waals surface area (Å²) in [4.78, 5) is 44.2. The number of aliphatic hydroxyl groups is 1. The zero-order valence-electron chi connectivity index (χ0n) is 24.9. The number of nitrogens with one attached hydrogen (secondary N) is 4. The second-order valence-electron chi connectivity index (χ2n) is 10.7.